The molecule has 1 fully saturated rings. The van der Waals surface area contributed by atoms with Crippen LogP contribution in [0.5, 0.6) is 0 Å². The Labute approximate surface area is 266 Å². The number of benzene rings is 1. The first-order chi connectivity index (χ1) is 21.8. The number of aliphatic carboxylic acids is 1. The van der Waals surface area contributed by atoms with Crippen LogP contribution in [0.2, 0.25) is 0 Å². The Morgan fingerprint density at radius 2 is 1.41 bits per heavy atom. The van der Waals surface area contributed by atoms with Gasteiger partial charge >= 0.3 is 5.97 Å². The second-order valence-corrected chi connectivity index (χ2v) is 10.7. The van der Waals surface area contributed by atoms with Crippen LogP contribution in [0.1, 0.15) is 51.0 Å². The summed E-state index contributed by atoms with van der Waals surface area (Å²) in [5, 5.41) is 24.5. The Kier molecular flexibility index (Phi) is 15.5. The number of guanidine groups is 1. The van der Waals surface area contributed by atoms with E-state index in [-0.39, 0.29) is 44.1 Å². The van der Waals surface area contributed by atoms with Gasteiger partial charge in [0.2, 0.25) is 35.4 Å². The number of rotatable bonds is 13. The zero-order valence-electron chi connectivity index (χ0n) is 25.7. The van der Waals surface area contributed by atoms with Gasteiger partial charge in [-0.2, -0.15) is 0 Å². The quantitative estimate of drug-likeness (QED) is 0.0601. The Hall–Kier alpha value is -5.22. The average Bonchev–Trinajstić information content (AvgIpc) is 2.99. The van der Waals surface area contributed by atoms with E-state index in [9.17, 15) is 38.7 Å². The lowest BCUT2D eigenvalue weighted by molar-refractivity contribution is -0.141. The standard InChI is InChI=1S/C29H43N9O8/c1-17(39)32-12-6-5-10-20-26(44)36-19(11-7-13-33-29(30)31)25(43)34-16-23(40)35-22(15-24(41)42)28(46)38-21(27(45)37-20)14-18-8-3-2-4-9-18/h2-4,8-9,19-22H,5-7,10-16H2,1H3,(H,32,39)(H,34,43)(H,35,40)(H,36,44)(H,37,45)(H,38,46)(H,41,42)(H4,30,31,33)/t19-,20-,21+,22-/m0/s1. The zero-order valence-corrected chi connectivity index (χ0v) is 25.7. The molecule has 4 atom stereocenters. The average molecular weight is 646 g/mol. The zero-order chi connectivity index (χ0) is 34.1. The molecule has 1 heterocycles. The number of hydrogen-bond donors (Lipinski definition) is 9. The highest BCUT2D eigenvalue weighted by Crippen LogP contribution is 2.09. The van der Waals surface area contributed by atoms with Crippen LogP contribution in [0.4, 0.5) is 0 Å². The SMILES string of the molecule is CC(=O)NCCCC[C@@H]1NC(=O)[C@@H](Cc2ccccc2)NC(=O)[C@H](CC(=O)O)NC(=O)CNC(=O)[C@H](CCCN=C(N)N)NC1=O. The van der Waals surface area contributed by atoms with Crippen molar-refractivity contribution in [2.45, 2.75) is 76.0 Å². The number of amides is 6. The number of unbranched alkanes of at least 4 members (excludes halogenated alkanes) is 1. The lowest BCUT2D eigenvalue weighted by atomic mass is 10.0. The number of hydrogen-bond acceptors (Lipinski definition) is 8. The first-order valence-electron chi connectivity index (χ1n) is 14.9. The van der Waals surface area contributed by atoms with Gasteiger partial charge in [-0.25, -0.2) is 0 Å². The normalized spacial score (nSPS) is 21.2. The molecular weight excluding hydrogens is 602 g/mol. The van der Waals surface area contributed by atoms with Crippen molar-refractivity contribution in [3.05, 3.63) is 35.9 Å². The third kappa shape index (κ3) is 14.0. The van der Waals surface area contributed by atoms with Gasteiger partial charge < -0.3 is 48.5 Å². The molecule has 0 unspecified atom stereocenters. The molecule has 1 aromatic rings. The van der Waals surface area contributed by atoms with E-state index in [4.69, 9.17) is 11.5 Å². The highest BCUT2D eigenvalue weighted by molar-refractivity contribution is 5.98. The second-order valence-electron chi connectivity index (χ2n) is 10.7. The molecule has 11 N–H and O–H groups in total. The Morgan fingerprint density at radius 1 is 0.826 bits per heavy atom. The maximum Gasteiger partial charge on any atom is 0.305 e. The van der Waals surface area contributed by atoms with Gasteiger partial charge in [0.05, 0.1) is 13.0 Å². The lowest BCUT2D eigenvalue weighted by Gasteiger charge is -2.26. The molecule has 1 aromatic carbocycles. The third-order valence-electron chi connectivity index (χ3n) is 6.87. The minimum atomic E-state index is -1.57. The summed E-state index contributed by atoms with van der Waals surface area (Å²) in [7, 11) is 0. The predicted octanol–water partition coefficient (Wildman–Crippen LogP) is -2.87. The van der Waals surface area contributed by atoms with Crippen LogP contribution in [0.25, 0.3) is 0 Å². The summed E-state index contributed by atoms with van der Waals surface area (Å²) in [4.78, 5) is 92.9. The van der Waals surface area contributed by atoms with Crippen molar-refractivity contribution in [3.8, 4) is 0 Å². The van der Waals surface area contributed by atoms with Crippen molar-refractivity contribution in [1.82, 2.24) is 31.9 Å². The molecule has 0 radical (unpaired) electrons. The minimum Gasteiger partial charge on any atom is -0.481 e. The molecule has 0 bridgehead atoms. The third-order valence-corrected chi connectivity index (χ3v) is 6.87. The van der Waals surface area contributed by atoms with Gasteiger partial charge in [-0.15, -0.1) is 0 Å². The van der Waals surface area contributed by atoms with E-state index in [0.29, 0.717) is 24.9 Å². The van der Waals surface area contributed by atoms with Crippen LogP contribution in [-0.2, 0) is 40.0 Å². The fourth-order valence-electron chi connectivity index (χ4n) is 4.57. The Bertz CT molecular complexity index is 1270. The van der Waals surface area contributed by atoms with Crippen molar-refractivity contribution >= 4 is 47.4 Å². The molecule has 0 saturated carbocycles. The maximum absolute atomic E-state index is 13.7. The molecular formula is C29H43N9O8. The molecule has 1 aliphatic heterocycles. The number of carbonyl (C=O) groups excluding carboxylic acids is 6. The smallest absolute Gasteiger partial charge is 0.305 e. The summed E-state index contributed by atoms with van der Waals surface area (Å²) in [5.41, 5.74) is 11.4. The first kappa shape index (κ1) is 37.0. The van der Waals surface area contributed by atoms with Crippen molar-refractivity contribution in [1.29, 1.82) is 0 Å². The van der Waals surface area contributed by atoms with E-state index >= 15 is 0 Å². The molecule has 46 heavy (non-hydrogen) atoms. The van der Waals surface area contributed by atoms with E-state index in [0.717, 1.165) is 0 Å². The van der Waals surface area contributed by atoms with Crippen molar-refractivity contribution in [2.24, 2.45) is 16.5 Å². The molecule has 0 spiro atoms. The summed E-state index contributed by atoms with van der Waals surface area (Å²) in [6, 6.07) is 3.53. The molecule has 0 aliphatic carbocycles. The number of carboxylic acids is 1. The van der Waals surface area contributed by atoms with Crippen LogP contribution < -0.4 is 43.4 Å². The molecule has 2 rings (SSSR count). The summed E-state index contributed by atoms with van der Waals surface area (Å²) in [6.45, 7) is 1.24. The van der Waals surface area contributed by atoms with Crippen LogP contribution in [0.3, 0.4) is 0 Å². The predicted molar refractivity (Wildman–Crippen MR) is 166 cm³/mol. The summed E-state index contributed by atoms with van der Waals surface area (Å²) in [5.74, 6) is -5.74. The van der Waals surface area contributed by atoms with Crippen LogP contribution in [0, 0.1) is 0 Å². The highest BCUT2D eigenvalue weighted by Gasteiger charge is 2.33. The summed E-state index contributed by atoms with van der Waals surface area (Å²) < 4.78 is 0. The van der Waals surface area contributed by atoms with E-state index < -0.39 is 72.6 Å². The van der Waals surface area contributed by atoms with E-state index in [1.807, 2.05) is 0 Å². The lowest BCUT2D eigenvalue weighted by Crippen LogP contribution is -2.58. The second kappa shape index (κ2) is 19.2. The maximum atomic E-state index is 13.7. The number of aliphatic imine (C=N–C) groups is 1. The summed E-state index contributed by atoms with van der Waals surface area (Å²) in [6.07, 6.45) is 0.524. The van der Waals surface area contributed by atoms with Crippen molar-refractivity contribution < 1.29 is 38.7 Å². The Morgan fingerprint density at radius 3 is 2.04 bits per heavy atom. The molecule has 1 aliphatic rings. The molecule has 17 heteroatoms. The highest BCUT2D eigenvalue weighted by atomic mass is 16.4. The van der Waals surface area contributed by atoms with Gasteiger partial charge in [-0.05, 0) is 37.7 Å². The van der Waals surface area contributed by atoms with Crippen LogP contribution >= 0.6 is 0 Å². The number of nitrogens with zero attached hydrogens (tertiary/aromatic N) is 1. The Balaban J connectivity index is 2.43. The van der Waals surface area contributed by atoms with Crippen LogP contribution in [-0.4, -0.2) is 96.3 Å². The topological polar surface area (TPSA) is 276 Å². The number of nitrogens with one attached hydrogen (secondary N) is 6. The molecule has 1 saturated heterocycles. The summed E-state index contributed by atoms with van der Waals surface area (Å²) >= 11 is 0. The van der Waals surface area contributed by atoms with Gasteiger partial charge in [0.25, 0.3) is 0 Å². The fraction of sp³-hybridized carbons (Fsp3) is 0.517. The monoisotopic (exact) mass is 645 g/mol. The van der Waals surface area contributed by atoms with E-state index in [1.165, 1.54) is 6.92 Å². The van der Waals surface area contributed by atoms with Crippen LogP contribution in [0.15, 0.2) is 35.3 Å². The molecule has 0 aromatic heterocycles. The molecule has 17 nitrogen and oxygen atoms in total. The number of nitrogens with two attached hydrogens (primary N) is 2. The van der Waals surface area contributed by atoms with Gasteiger partial charge in [-0.3, -0.25) is 38.6 Å². The number of carbonyl (C=O) groups is 7. The van der Waals surface area contributed by atoms with E-state index in [2.05, 4.69) is 36.9 Å². The van der Waals surface area contributed by atoms with Crippen molar-refractivity contribution in [2.75, 3.05) is 19.6 Å². The fourth-order valence-corrected chi connectivity index (χ4v) is 4.57. The van der Waals surface area contributed by atoms with Gasteiger partial charge in [0.1, 0.15) is 24.2 Å². The van der Waals surface area contributed by atoms with Gasteiger partial charge in [0, 0.05) is 26.4 Å². The molecule has 252 valence electrons. The van der Waals surface area contributed by atoms with Gasteiger partial charge in [0.15, 0.2) is 5.96 Å². The van der Waals surface area contributed by atoms with Gasteiger partial charge in [-0.1, -0.05) is 30.3 Å². The largest absolute Gasteiger partial charge is 0.481 e. The first-order valence-corrected chi connectivity index (χ1v) is 14.9. The van der Waals surface area contributed by atoms with Crippen molar-refractivity contribution in [3.63, 3.8) is 0 Å². The minimum absolute atomic E-state index is 0.0174. The van der Waals surface area contributed by atoms with E-state index in [1.54, 1.807) is 30.3 Å². The molecule has 6 amide bonds. The number of carboxylic acid groups (broad SMARTS) is 1.